The second-order valence-electron chi connectivity index (χ2n) is 0.412. The van der Waals surface area contributed by atoms with Crippen molar-refractivity contribution in [2.45, 2.75) is 0 Å². The van der Waals surface area contributed by atoms with Gasteiger partial charge >= 0.3 is 49.0 Å². The van der Waals surface area contributed by atoms with Crippen LogP contribution in [0.3, 0.4) is 0 Å². The van der Waals surface area contributed by atoms with E-state index in [-0.39, 0.29) is 23.1 Å². The van der Waals surface area contributed by atoms with E-state index in [0.717, 1.165) is 0 Å². The normalized spacial score (nSPS) is 7.88. The molecule has 0 bridgehead atoms. The Labute approximate surface area is 76.4 Å². The molecule has 0 heterocycles. The Kier molecular flexibility index (Phi) is 17.2. The minimum atomic E-state index is -4.19. The first-order valence-electron chi connectivity index (χ1n) is 1.12. The second kappa shape index (κ2) is 8.46. The van der Waals surface area contributed by atoms with Crippen LogP contribution in [-0.4, -0.2) is 56.8 Å². The summed E-state index contributed by atoms with van der Waals surface area (Å²) >= 11 is 0.306. The summed E-state index contributed by atoms with van der Waals surface area (Å²) in [5, 5.41) is 0. The summed E-state index contributed by atoms with van der Waals surface area (Å²) in [4.78, 5) is 0. The van der Waals surface area contributed by atoms with Crippen LogP contribution in [0.4, 0.5) is 0 Å². The van der Waals surface area contributed by atoms with Crippen molar-refractivity contribution < 1.29 is 17.1 Å². The van der Waals surface area contributed by atoms with E-state index in [2.05, 4.69) is 10.7 Å². The maximum atomic E-state index is 8.95. The Morgan fingerprint density at radius 1 is 1.38 bits per heavy atom. The molecule has 0 aliphatic heterocycles. The van der Waals surface area contributed by atoms with Crippen LogP contribution >= 0.6 is 10.7 Å². The first-order chi connectivity index (χ1) is 3.00. The maximum Gasteiger partial charge on any atom is 0.407 e. The van der Waals surface area contributed by atoms with Crippen molar-refractivity contribution in [3.05, 3.63) is 0 Å². The molecule has 0 aromatic rings. The van der Waals surface area contributed by atoms with Gasteiger partial charge < -0.3 is 4.16 Å². The van der Waals surface area contributed by atoms with Crippen molar-refractivity contribution in [2.24, 2.45) is 0 Å². The first-order valence-corrected chi connectivity index (χ1v) is 4.28. The molecule has 48 valence electrons. The lowest BCUT2D eigenvalue weighted by molar-refractivity contribution is 0.501. The summed E-state index contributed by atoms with van der Waals surface area (Å²) in [6, 6.07) is 0. The van der Waals surface area contributed by atoms with E-state index in [1.807, 2.05) is 0 Å². The lowest BCUT2D eigenvalue weighted by Gasteiger charge is -1.65. The van der Waals surface area contributed by atoms with Gasteiger partial charge in [0.2, 0.25) is 0 Å². The summed E-state index contributed by atoms with van der Waals surface area (Å²) in [5.41, 5.74) is 0. The smallest absolute Gasteiger partial charge is 0.407 e. The molecule has 0 unspecified atom stereocenters. The zero-order chi connectivity index (χ0) is 6.50. The highest BCUT2D eigenvalue weighted by Crippen LogP contribution is 1.82. The predicted octanol–water partition coefficient (Wildman–Crippen LogP) is -2.36. The predicted molar refractivity (Wildman–Crippen MR) is 36.7 cm³/mol. The van der Waals surface area contributed by atoms with Crippen molar-refractivity contribution in [1.29, 1.82) is 0 Å². The minimum absolute atomic E-state index is 0. The van der Waals surface area contributed by atoms with E-state index in [0.29, 0.717) is 16.6 Å². The summed E-state index contributed by atoms with van der Waals surface area (Å²) in [6.45, 7) is 0. The van der Waals surface area contributed by atoms with Gasteiger partial charge in [0.05, 0.1) is 0 Å². The molecule has 0 spiro atoms. The van der Waals surface area contributed by atoms with Crippen LogP contribution in [0.2, 0.25) is 0 Å². The molecule has 0 saturated carbocycles. The Morgan fingerprint density at radius 3 is 1.38 bits per heavy atom. The van der Waals surface area contributed by atoms with E-state index < -0.39 is 9.33 Å². The number of hydrogen-bond acceptors (Lipinski definition) is 3. The van der Waals surface area contributed by atoms with Gasteiger partial charge in [0.1, 0.15) is 0 Å². The minimum Gasteiger partial charge on any atom is -0.521 e. The number of hydrogen-bond donors (Lipinski definition) is 2. The Morgan fingerprint density at radius 2 is 1.38 bits per heavy atom. The van der Waals surface area contributed by atoms with E-state index in [4.69, 9.17) is 17.1 Å². The van der Waals surface area contributed by atoms with Gasteiger partial charge in [-0.3, -0.25) is 4.55 Å². The van der Waals surface area contributed by atoms with Gasteiger partial charge in [0.15, 0.2) is 0 Å². The summed E-state index contributed by atoms with van der Waals surface area (Å²) < 4.78 is 32.3. The third-order valence-electron chi connectivity index (χ3n) is 0. The molecule has 0 radical (unpaired) electrons. The molecule has 0 aliphatic rings. The molecule has 2 N–H and O–H groups in total. The fourth-order valence-electron chi connectivity index (χ4n) is 0. The molecule has 0 saturated heterocycles. The molecule has 0 atom stereocenters. The molecule has 0 aliphatic carbocycles. The van der Waals surface area contributed by atoms with Crippen LogP contribution in [0, 0.1) is 0 Å². The molecule has 8 heavy (non-hydrogen) atoms. The maximum absolute atomic E-state index is 8.95. The summed E-state index contributed by atoms with van der Waals surface area (Å²) in [5.74, 6) is 0. The molecular formula is H6AlClMgO4S. The fourth-order valence-corrected chi connectivity index (χ4v) is 0. The standard InChI is InChI=1S/Al.ClHO3S.Mg.H2O.4H/c;1-5(2,3)4;;;;;;/h;(H,2,3,4);;1H2;;;;/q+1;;;;;;;/p-1. The van der Waals surface area contributed by atoms with Gasteiger partial charge in [-0.05, 0) is 0 Å². The van der Waals surface area contributed by atoms with Crippen LogP contribution in [0.15, 0.2) is 0 Å². The average Bonchev–Trinajstić information content (AvgIpc) is 1.36. The molecule has 8 heteroatoms. The lowest BCUT2D eigenvalue weighted by Crippen LogP contribution is -1.77. The van der Waals surface area contributed by atoms with E-state index in [9.17, 15) is 0 Å². The highest BCUT2D eigenvalue weighted by Gasteiger charge is 1.86. The molecule has 0 rings (SSSR count). The highest BCUT2D eigenvalue weighted by molar-refractivity contribution is 8.09. The third kappa shape index (κ3) is 146. The van der Waals surface area contributed by atoms with Crippen molar-refractivity contribution in [1.82, 2.24) is 0 Å². The van der Waals surface area contributed by atoms with Crippen molar-refractivity contribution in [3.63, 3.8) is 0 Å². The SMILES string of the molecule is O=S(=O)(O)Cl.[MgH2].[OH][AlH2]. The van der Waals surface area contributed by atoms with Gasteiger partial charge in [-0.15, -0.1) is 0 Å². The van der Waals surface area contributed by atoms with Gasteiger partial charge in [-0.2, -0.15) is 8.42 Å². The molecule has 0 fully saturated rings. The largest absolute Gasteiger partial charge is 0.521 e. The Balaban J connectivity index is -0.0000000750. The molecule has 4 nitrogen and oxygen atoms in total. The van der Waals surface area contributed by atoms with Crippen LogP contribution in [0.5, 0.6) is 0 Å². The van der Waals surface area contributed by atoms with E-state index >= 15 is 0 Å². The van der Waals surface area contributed by atoms with Crippen molar-refractivity contribution >= 4 is 59.7 Å². The van der Waals surface area contributed by atoms with Crippen molar-refractivity contribution in [3.8, 4) is 0 Å². The topological polar surface area (TPSA) is 74.6 Å². The molecular weight excluding hydrogens is 183 g/mol. The highest BCUT2D eigenvalue weighted by atomic mass is 35.7. The molecule has 0 aromatic heterocycles. The quantitative estimate of drug-likeness (QED) is 0.254. The van der Waals surface area contributed by atoms with Gasteiger partial charge in [-0.1, -0.05) is 0 Å². The van der Waals surface area contributed by atoms with Crippen LogP contribution in [0.25, 0.3) is 0 Å². The summed E-state index contributed by atoms with van der Waals surface area (Å²) in [6.07, 6.45) is 0. The monoisotopic (exact) mass is 188 g/mol. The Bertz CT molecular complexity index is 99.2. The fraction of sp³-hybridized carbons (Fsp3) is 0. The van der Waals surface area contributed by atoms with Gasteiger partial charge in [0.25, 0.3) is 0 Å². The van der Waals surface area contributed by atoms with E-state index in [1.54, 1.807) is 0 Å². The summed E-state index contributed by atoms with van der Waals surface area (Å²) in [7, 11) is -0.137. The van der Waals surface area contributed by atoms with E-state index in [1.165, 1.54) is 0 Å². The van der Waals surface area contributed by atoms with Crippen LogP contribution < -0.4 is 0 Å². The molecule has 0 aromatic carbocycles. The first kappa shape index (κ1) is 16.2. The number of rotatable bonds is 0. The lowest BCUT2D eigenvalue weighted by atomic mass is 15.9. The second-order valence-corrected chi connectivity index (χ2v) is 2.41. The third-order valence-corrected chi connectivity index (χ3v) is 0. The zero-order valence-corrected chi connectivity index (χ0v) is 7.07. The van der Waals surface area contributed by atoms with Crippen LogP contribution in [-0.2, 0) is 9.33 Å². The molecule has 0 amide bonds. The average molecular weight is 189 g/mol. The zero-order valence-electron chi connectivity index (χ0n) is 3.50. The van der Waals surface area contributed by atoms with Crippen molar-refractivity contribution in [2.75, 3.05) is 0 Å². The Hall–Kier alpha value is 1.46. The number of halogens is 1. The van der Waals surface area contributed by atoms with Gasteiger partial charge in [0, 0.05) is 10.7 Å². The van der Waals surface area contributed by atoms with Gasteiger partial charge in [-0.25, -0.2) is 0 Å². The van der Waals surface area contributed by atoms with Crippen LogP contribution in [0.1, 0.15) is 0 Å².